The molecule has 4 aromatic rings. The van der Waals surface area contributed by atoms with Crippen LogP contribution >= 0.6 is 11.6 Å². The molecule has 0 radical (unpaired) electrons. The van der Waals surface area contributed by atoms with E-state index in [9.17, 15) is 18.8 Å². The van der Waals surface area contributed by atoms with E-state index in [0.29, 0.717) is 35.3 Å². The molecule has 2 heterocycles. The summed E-state index contributed by atoms with van der Waals surface area (Å²) in [7, 11) is 0. The quantitative estimate of drug-likeness (QED) is 0.230. The number of esters is 1. The van der Waals surface area contributed by atoms with Gasteiger partial charge in [-0.3, -0.25) is 9.59 Å². The van der Waals surface area contributed by atoms with Crippen LogP contribution in [0.5, 0.6) is 0 Å². The normalized spacial score (nSPS) is 14.0. The van der Waals surface area contributed by atoms with Crippen LogP contribution in [0, 0.1) is 19.7 Å². The second-order valence-electron chi connectivity index (χ2n) is 9.77. The third kappa shape index (κ3) is 5.69. The topological polar surface area (TPSA) is 115 Å². The first kappa shape index (κ1) is 28.0. The zero-order chi connectivity index (χ0) is 29.3. The number of rotatable bonds is 8. The predicted molar refractivity (Wildman–Crippen MR) is 150 cm³/mol. The van der Waals surface area contributed by atoms with Gasteiger partial charge in [-0.25, -0.2) is 18.7 Å². The average molecular weight is 576 g/mol. The van der Waals surface area contributed by atoms with Crippen LogP contribution in [0.4, 0.5) is 4.39 Å². The summed E-state index contributed by atoms with van der Waals surface area (Å²) in [5.74, 6) is -1.91. The molecule has 0 unspecified atom stereocenters. The largest absolute Gasteiger partial charge is 0.458 e. The maximum atomic E-state index is 13.6. The zero-order valence-electron chi connectivity index (χ0n) is 22.5. The Morgan fingerprint density at radius 1 is 1.17 bits per heavy atom. The maximum Gasteiger partial charge on any atom is 0.338 e. The van der Waals surface area contributed by atoms with Gasteiger partial charge in [0.15, 0.2) is 5.65 Å². The lowest BCUT2D eigenvalue weighted by Gasteiger charge is -2.16. The molecule has 11 heteroatoms. The molecule has 1 aliphatic rings. The SMILES string of the molecule is C=CCOC(=O)c1ccc2c(c1C)CC[C@@H]2NC(=O)c1cc(C(=O)NCc2ccc(F)c(Cl)c2)nc2cc(C)nn12. The summed E-state index contributed by atoms with van der Waals surface area (Å²) >= 11 is 5.84. The number of fused-ring (bicyclic) bond motifs is 2. The van der Waals surface area contributed by atoms with E-state index in [4.69, 9.17) is 16.3 Å². The van der Waals surface area contributed by atoms with Gasteiger partial charge in [0.2, 0.25) is 0 Å². The molecule has 5 rings (SSSR count). The highest BCUT2D eigenvalue weighted by atomic mass is 35.5. The monoisotopic (exact) mass is 575 g/mol. The molecular weight excluding hydrogens is 549 g/mol. The number of hydrogen-bond donors (Lipinski definition) is 2. The molecule has 0 bridgehead atoms. The van der Waals surface area contributed by atoms with E-state index in [1.165, 1.54) is 34.9 Å². The van der Waals surface area contributed by atoms with Crippen LogP contribution in [0.2, 0.25) is 5.02 Å². The highest BCUT2D eigenvalue weighted by Crippen LogP contribution is 2.35. The molecule has 2 N–H and O–H groups in total. The number of aryl methyl sites for hydroxylation is 1. The maximum absolute atomic E-state index is 13.6. The van der Waals surface area contributed by atoms with Crippen LogP contribution in [0.25, 0.3) is 5.65 Å². The second-order valence-corrected chi connectivity index (χ2v) is 10.2. The molecule has 2 aromatic heterocycles. The number of halogens is 2. The molecule has 2 amide bonds. The van der Waals surface area contributed by atoms with Crippen molar-refractivity contribution in [2.24, 2.45) is 0 Å². The van der Waals surface area contributed by atoms with Gasteiger partial charge in [-0.1, -0.05) is 36.4 Å². The van der Waals surface area contributed by atoms with Crippen molar-refractivity contribution in [1.29, 1.82) is 0 Å². The van der Waals surface area contributed by atoms with Gasteiger partial charge in [0.25, 0.3) is 11.8 Å². The lowest BCUT2D eigenvalue weighted by molar-refractivity contribution is 0.0548. The summed E-state index contributed by atoms with van der Waals surface area (Å²) in [5, 5.41) is 10.1. The zero-order valence-corrected chi connectivity index (χ0v) is 23.2. The summed E-state index contributed by atoms with van der Waals surface area (Å²) in [4.78, 5) is 43.4. The molecular formula is C30H27ClFN5O4. The van der Waals surface area contributed by atoms with Gasteiger partial charge in [0.05, 0.1) is 22.3 Å². The summed E-state index contributed by atoms with van der Waals surface area (Å²) in [6.45, 7) is 7.42. The van der Waals surface area contributed by atoms with E-state index in [-0.39, 0.29) is 35.6 Å². The minimum Gasteiger partial charge on any atom is -0.458 e. The molecule has 0 saturated heterocycles. The number of carbonyl (C=O) groups excluding carboxylic acids is 3. The standard InChI is InChI=1S/C30H27ClFN5O4/c1-4-11-41-30(40)20-6-7-21-19(17(20)3)8-10-24(21)35-29(39)26-14-25(34-27-12-16(2)36-37(26)27)28(38)33-15-18-5-9-23(32)22(31)13-18/h4-7,9,12-14,24H,1,8,10-11,15H2,2-3H3,(H,33,38)(H,35,39)/t24-/m0/s1. The number of nitrogens with one attached hydrogen (secondary N) is 2. The Labute approximate surface area is 240 Å². The number of ether oxygens (including phenoxy) is 1. The number of amides is 2. The Hall–Kier alpha value is -4.57. The number of nitrogens with zero attached hydrogens (tertiary/aromatic N) is 3. The Kier molecular flexibility index (Phi) is 7.85. The highest BCUT2D eigenvalue weighted by molar-refractivity contribution is 6.30. The lowest BCUT2D eigenvalue weighted by atomic mass is 9.98. The Morgan fingerprint density at radius 2 is 1.98 bits per heavy atom. The van der Waals surface area contributed by atoms with E-state index < -0.39 is 23.6 Å². The van der Waals surface area contributed by atoms with Crippen molar-refractivity contribution < 1.29 is 23.5 Å². The number of hydrogen-bond acceptors (Lipinski definition) is 6. The third-order valence-electron chi connectivity index (χ3n) is 7.00. The summed E-state index contributed by atoms with van der Waals surface area (Å²) in [6.07, 6.45) is 2.84. The van der Waals surface area contributed by atoms with Crippen LogP contribution in [-0.4, -0.2) is 39.0 Å². The van der Waals surface area contributed by atoms with Gasteiger partial charge in [-0.15, -0.1) is 0 Å². The second kappa shape index (κ2) is 11.5. The first-order valence-electron chi connectivity index (χ1n) is 13.0. The number of aromatic nitrogens is 3. The fourth-order valence-corrected chi connectivity index (χ4v) is 5.19. The summed E-state index contributed by atoms with van der Waals surface area (Å²) in [5.41, 5.74) is 4.99. The van der Waals surface area contributed by atoms with Crippen molar-refractivity contribution >= 4 is 35.0 Å². The Balaban J connectivity index is 1.37. The summed E-state index contributed by atoms with van der Waals surface area (Å²) < 4.78 is 20.1. The van der Waals surface area contributed by atoms with Gasteiger partial charge < -0.3 is 15.4 Å². The molecule has 41 heavy (non-hydrogen) atoms. The van der Waals surface area contributed by atoms with Gasteiger partial charge in [-0.2, -0.15) is 5.10 Å². The molecule has 210 valence electrons. The van der Waals surface area contributed by atoms with Crippen molar-refractivity contribution in [1.82, 2.24) is 25.2 Å². The molecule has 0 spiro atoms. The van der Waals surface area contributed by atoms with Gasteiger partial charge in [0.1, 0.15) is 23.8 Å². The Morgan fingerprint density at radius 3 is 2.73 bits per heavy atom. The van der Waals surface area contributed by atoms with Crippen LogP contribution in [0.3, 0.4) is 0 Å². The lowest BCUT2D eigenvalue weighted by Crippen LogP contribution is -2.30. The number of benzene rings is 2. The molecule has 1 aliphatic carbocycles. The molecule has 2 aromatic carbocycles. The first-order valence-corrected chi connectivity index (χ1v) is 13.3. The van der Waals surface area contributed by atoms with Crippen LogP contribution in [0.15, 0.2) is 55.1 Å². The van der Waals surface area contributed by atoms with Gasteiger partial charge in [-0.05, 0) is 67.1 Å². The smallest absolute Gasteiger partial charge is 0.338 e. The van der Waals surface area contributed by atoms with E-state index in [1.54, 1.807) is 19.1 Å². The van der Waals surface area contributed by atoms with E-state index in [2.05, 4.69) is 27.3 Å². The van der Waals surface area contributed by atoms with Crippen molar-refractivity contribution in [3.05, 3.63) is 111 Å². The van der Waals surface area contributed by atoms with Gasteiger partial charge in [0, 0.05) is 18.7 Å². The van der Waals surface area contributed by atoms with Crippen molar-refractivity contribution in [2.45, 2.75) is 39.3 Å². The van der Waals surface area contributed by atoms with Crippen LogP contribution < -0.4 is 10.6 Å². The van der Waals surface area contributed by atoms with Crippen molar-refractivity contribution in [3.63, 3.8) is 0 Å². The molecule has 1 atom stereocenters. The molecule has 0 saturated carbocycles. The van der Waals surface area contributed by atoms with E-state index in [1.807, 2.05) is 13.0 Å². The van der Waals surface area contributed by atoms with Crippen LogP contribution in [-0.2, 0) is 17.7 Å². The van der Waals surface area contributed by atoms with E-state index >= 15 is 0 Å². The minimum atomic E-state index is -0.549. The van der Waals surface area contributed by atoms with Crippen molar-refractivity contribution in [3.8, 4) is 0 Å². The fourth-order valence-electron chi connectivity index (χ4n) is 4.99. The van der Waals surface area contributed by atoms with Gasteiger partial charge >= 0.3 is 5.97 Å². The molecule has 0 aliphatic heterocycles. The van der Waals surface area contributed by atoms with Crippen LogP contribution in [0.1, 0.15) is 71.7 Å². The van der Waals surface area contributed by atoms with Crippen molar-refractivity contribution in [2.75, 3.05) is 6.61 Å². The summed E-state index contributed by atoms with van der Waals surface area (Å²) in [6, 6.07) is 10.5. The minimum absolute atomic E-state index is 0.0288. The molecule has 9 nitrogen and oxygen atoms in total. The Bertz CT molecular complexity index is 1720. The highest BCUT2D eigenvalue weighted by Gasteiger charge is 2.29. The average Bonchev–Trinajstić information content (AvgIpc) is 3.54. The predicted octanol–water partition coefficient (Wildman–Crippen LogP) is 4.83. The molecule has 0 fully saturated rings. The third-order valence-corrected chi connectivity index (χ3v) is 7.29. The fraction of sp³-hybridized carbons (Fsp3) is 0.233. The first-order chi connectivity index (χ1) is 19.7. The van der Waals surface area contributed by atoms with E-state index in [0.717, 1.165) is 16.7 Å². The number of carbonyl (C=O) groups is 3.